The van der Waals surface area contributed by atoms with E-state index in [1.807, 2.05) is 11.8 Å². The maximum atomic E-state index is 4.58. The number of thioether (sulfide) groups is 1. The maximum Gasteiger partial charge on any atom is 0.0527 e. The van der Waals surface area contributed by atoms with Gasteiger partial charge in [-0.25, -0.2) is 0 Å². The molecule has 0 aliphatic heterocycles. The standard InChI is InChI=1S/C13H25NS/c1-7-15-12(3)10-8-9-11(2)14-13(4,5)6/h8-9,12H,7,10H2,1-6H3/b9-8+,14-11?. The summed E-state index contributed by atoms with van der Waals surface area (Å²) < 4.78 is 0. The van der Waals surface area contributed by atoms with Gasteiger partial charge in [0, 0.05) is 11.0 Å². The zero-order chi connectivity index (χ0) is 11.9. The van der Waals surface area contributed by atoms with Gasteiger partial charge in [0.15, 0.2) is 0 Å². The molecule has 0 aromatic carbocycles. The van der Waals surface area contributed by atoms with Crippen molar-refractivity contribution in [2.45, 2.75) is 58.8 Å². The van der Waals surface area contributed by atoms with E-state index in [1.165, 1.54) is 5.75 Å². The van der Waals surface area contributed by atoms with E-state index in [9.17, 15) is 0 Å². The number of nitrogens with zero attached hydrogens (tertiary/aromatic N) is 1. The van der Waals surface area contributed by atoms with Crippen LogP contribution in [0.2, 0.25) is 0 Å². The summed E-state index contributed by atoms with van der Waals surface area (Å²) in [6.45, 7) is 12.9. The zero-order valence-corrected chi connectivity index (χ0v) is 11.8. The van der Waals surface area contributed by atoms with Crippen LogP contribution in [-0.4, -0.2) is 22.3 Å². The lowest BCUT2D eigenvalue weighted by Gasteiger charge is -2.12. The fourth-order valence-corrected chi connectivity index (χ4v) is 2.17. The first kappa shape index (κ1) is 14.8. The van der Waals surface area contributed by atoms with Gasteiger partial charge in [-0.3, -0.25) is 4.99 Å². The molecule has 0 spiro atoms. The minimum absolute atomic E-state index is 0.0399. The summed E-state index contributed by atoms with van der Waals surface area (Å²) in [7, 11) is 0. The maximum absolute atomic E-state index is 4.58. The lowest BCUT2D eigenvalue weighted by Crippen LogP contribution is -2.11. The van der Waals surface area contributed by atoms with Crippen LogP contribution in [0.1, 0.15) is 48.0 Å². The Balaban J connectivity index is 4.02. The van der Waals surface area contributed by atoms with Crippen LogP contribution in [-0.2, 0) is 0 Å². The van der Waals surface area contributed by atoms with Crippen molar-refractivity contribution in [3.05, 3.63) is 12.2 Å². The van der Waals surface area contributed by atoms with Crippen molar-refractivity contribution in [1.82, 2.24) is 0 Å². The number of hydrogen-bond donors (Lipinski definition) is 0. The first-order chi connectivity index (χ1) is 6.85. The molecule has 0 aliphatic rings. The van der Waals surface area contributed by atoms with Gasteiger partial charge in [0.25, 0.3) is 0 Å². The molecule has 88 valence electrons. The van der Waals surface area contributed by atoms with Gasteiger partial charge in [0.1, 0.15) is 0 Å². The third-order valence-corrected chi connectivity index (χ3v) is 2.88. The van der Waals surface area contributed by atoms with Crippen LogP contribution in [0, 0.1) is 0 Å². The molecule has 1 atom stereocenters. The second-order valence-corrected chi connectivity index (χ2v) is 6.54. The molecule has 0 amide bonds. The summed E-state index contributed by atoms with van der Waals surface area (Å²) in [6, 6.07) is 0. The SMILES string of the molecule is CCSC(C)C/C=C/C(C)=NC(C)(C)C. The van der Waals surface area contributed by atoms with E-state index in [0.29, 0.717) is 5.25 Å². The summed E-state index contributed by atoms with van der Waals surface area (Å²) in [4.78, 5) is 4.58. The van der Waals surface area contributed by atoms with Gasteiger partial charge in [0.2, 0.25) is 0 Å². The quantitative estimate of drug-likeness (QED) is 0.637. The minimum Gasteiger partial charge on any atom is -0.284 e. The van der Waals surface area contributed by atoms with E-state index in [0.717, 1.165) is 12.1 Å². The van der Waals surface area contributed by atoms with Crippen molar-refractivity contribution in [3.63, 3.8) is 0 Å². The fourth-order valence-electron chi connectivity index (χ4n) is 1.35. The van der Waals surface area contributed by atoms with Gasteiger partial charge >= 0.3 is 0 Å². The van der Waals surface area contributed by atoms with Crippen LogP contribution >= 0.6 is 11.8 Å². The van der Waals surface area contributed by atoms with E-state index in [4.69, 9.17) is 0 Å². The first-order valence-electron chi connectivity index (χ1n) is 5.69. The van der Waals surface area contributed by atoms with Gasteiger partial charge < -0.3 is 0 Å². The molecule has 1 nitrogen and oxygen atoms in total. The zero-order valence-electron chi connectivity index (χ0n) is 11.0. The molecule has 0 fully saturated rings. The minimum atomic E-state index is 0.0399. The van der Waals surface area contributed by atoms with Gasteiger partial charge in [-0.05, 0) is 45.9 Å². The van der Waals surface area contributed by atoms with Crippen LogP contribution in [0.25, 0.3) is 0 Å². The monoisotopic (exact) mass is 227 g/mol. The Labute approximate surface area is 99.4 Å². The van der Waals surface area contributed by atoms with E-state index in [-0.39, 0.29) is 5.54 Å². The van der Waals surface area contributed by atoms with Gasteiger partial charge in [-0.2, -0.15) is 11.8 Å². The number of rotatable bonds is 5. The van der Waals surface area contributed by atoms with Gasteiger partial charge in [-0.1, -0.05) is 19.9 Å². The summed E-state index contributed by atoms with van der Waals surface area (Å²) in [5, 5.41) is 0.716. The molecule has 15 heavy (non-hydrogen) atoms. The molecule has 0 saturated carbocycles. The first-order valence-corrected chi connectivity index (χ1v) is 6.74. The molecule has 0 rings (SSSR count). The summed E-state index contributed by atoms with van der Waals surface area (Å²) in [6.07, 6.45) is 5.51. The summed E-state index contributed by atoms with van der Waals surface area (Å²) >= 11 is 2.00. The molecule has 0 N–H and O–H groups in total. The van der Waals surface area contributed by atoms with Crippen molar-refractivity contribution in [1.29, 1.82) is 0 Å². The van der Waals surface area contributed by atoms with Crippen LogP contribution in [0.5, 0.6) is 0 Å². The fraction of sp³-hybridized carbons (Fsp3) is 0.769. The number of aliphatic imine (C=N–C) groups is 1. The number of hydrogen-bond acceptors (Lipinski definition) is 2. The molecule has 0 heterocycles. The topological polar surface area (TPSA) is 12.4 Å². The smallest absolute Gasteiger partial charge is 0.0527 e. The second-order valence-electron chi connectivity index (χ2n) is 4.83. The molecule has 0 bridgehead atoms. The Morgan fingerprint density at radius 2 is 2.00 bits per heavy atom. The molecule has 0 aromatic rings. The Kier molecular flexibility index (Phi) is 6.99. The lowest BCUT2D eigenvalue weighted by atomic mass is 10.1. The van der Waals surface area contributed by atoms with Crippen molar-refractivity contribution < 1.29 is 0 Å². The molecule has 0 saturated heterocycles. The molecule has 0 radical (unpaired) electrons. The van der Waals surface area contributed by atoms with E-state index in [2.05, 4.69) is 58.7 Å². The van der Waals surface area contributed by atoms with Crippen LogP contribution < -0.4 is 0 Å². The van der Waals surface area contributed by atoms with Crippen molar-refractivity contribution in [2.75, 3.05) is 5.75 Å². The van der Waals surface area contributed by atoms with E-state index < -0.39 is 0 Å². The predicted octanol–water partition coefficient (Wildman–Crippen LogP) is 4.33. The molecular formula is C13H25NS. The Hall–Kier alpha value is -0.240. The van der Waals surface area contributed by atoms with E-state index in [1.54, 1.807) is 0 Å². The van der Waals surface area contributed by atoms with Crippen molar-refractivity contribution in [2.24, 2.45) is 4.99 Å². The van der Waals surface area contributed by atoms with Crippen LogP contribution in [0.15, 0.2) is 17.1 Å². The number of allylic oxidation sites excluding steroid dienone is 2. The summed E-state index contributed by atoms with van der Waals surface area (Å²) in [5.41, 5.74) is 1.16. The Morgan fingerprint density at radius 3 is 2.47 bits per heavy atom. The molecule has 2 heteroatoms. The average Bonchev–Trinajstić information content (AvgIpc) is 2.00. The highest BCUT2D eigenvalue weighted by Gasteiger charge is 2.05. The normalized spacial score (nSPS) is 16.0. The van der Waals surface area contributed by atoms with E-state index >= 15 is 0 Å². The highest BCUT2D eigenvalue weighted by molar-refractivity contribution is 7.99. The Bertz CT molecular complexity index is 223. The lowest BCUT2D eigenvalue weighted by molar-refractivity contribution is 0.584. The highest BCUT2D eigenvalue weighted by atomic mass is 32.2. The van der Waals surface area contributed by atoms with Gasteiger partial charge in [-0.15, -0.1) is 0 Å². The van der Waals surface area contributed by atoms with Crippen LogP contribution in [0.3, 0.4) is 0 Å². The molecular weight excluding hydrogens is 202 g/mol. The highest BCUT2D eigenvalue weighted by Crippen LogP contribution is 2.13. The van der Waals surface area contributed by atoms with Crippen LogP contribution in [0.4, 0.5) is 0 Å². The largest absolute Gasteiger partial charge is 0.284 e. The van der Waals surface area contributed by atoms with Crippen molar-refractivity contribution >= 4 is 17.5 Å². The molecule has 0 aliphatic carbocycles. The second kappa shape index (κ2) is 7.10. The molecule has 1 unspecified atom stereocenters. The van der Waals surface area contributed by atoms with Crippen molar-refractivity contribution in [3.8, 4) is 0 Å². The predicted molar refractivity (Wildman–Crippen MR) is 74.2 cm³/mol. The Morgan fingerprint density at radius 1 is 1.40 bits per heavy atom. The third kappa shape index (κ3) is 10.1. The third-order valence-electron chi connectivity index (χ3n) is 1.79. The van der Waals surface area contributed by atoms with Gasteiger partial charge in [0.05, 0.1) is 5.54 Å². The molecule has 0 aromatic heterocycles. The summed E-state index contributed by atoms with van der Waals surface area (Å²) in [5.74, 6) is 1.20. The average molecular weight is 227 g/mol.